The maximum atomic E-state index is 13.1. The van der Waals surface area contributed by atoms with Crippen molar-refractivity contribution in [3.63, 3.8) is 0 Å². The van der Waals surface area contributed by atoms with E-state index < -0.39 is 11.7 Å². The summed E-state index contributed by atoms with van der Waals surface area (Å²) in [5.74, 6) is 0. The number of halogens is 4. The van der Waals surface area contributed by atoms with Crippen LogP contribution in [0.3, 0.4) is 0 Å². The van der Waals surface area contributed by atoms with E-state index in [1.165, 1.54) is 12.1 Å². The van der Waals surface area contributed by atoms with Gasteiger partial charge in [-0.15, -0.1) is 0 Å². The molecule has 2 aromatic carbocycles. The number of nitrogens with zero attached hydrogens (tertiary/aromatic N) is 1. The number of alkyl halides is 3. The van der Waals surface area contributed by atoms with Crippen molar-refractivity contribution in [2.75, 3.05) is 6.54 Å². The van der Waals surface area contributed by atoms with Gasteiger partial charge in [0.15, 0.2) is 0 Å². The average Bonchev–Trinajstić information content (AvgIpc) is 2.56. The van der Waals surface area contributed by atoms with Crippen molar-refractivity contribution in [3.8, 4) is 0 Å². The molecule has 5 heteroatoms. The molecule has 0 saturated carbocycles. The predicted molar refractivity (Wildman–Crippen MR) is 89.8 cm³/mol. The van der Waals surface area contributed by atoms with Crippen LogP contribution in [0.1, 0.15) is 29.2 Å². The van der Waals surface area contributed by atoms with Crippen molar-refractivity contribution in [1.82, 2.24) is 4.90 Å². The topological polar surface area (TPSA) is 3.24 Å². The van der Waals surface area contributed by atoms with Crippen molar-refractivity contribution in [2.24, 2.45) is 0 Å². The second kappa shape index (κ2) is 6.99. The van der Waals surface area contributed by atoms with Gasteiger partial charge in [0.25, 0.3) is 0 Å². The molecule has 1 atom stereocenters. The predicted octanol–water partition coefficient (Wildman–Crippen LogP) is 5.86. The number of hydrogen-bond donors (Lipinski definition) is 0. The molecule has 3 rings (SSSR count). The lowest BCUT2D eigenvalue weighted by Gasteiger charge is -2.33. The molecule has 126 valence electrons. The molecule has 1 aliphatic rings. The zero-order valence-electron chi connectivity index (χ0n) is 12.9. The summed E-state index contributed by atoms with van der Waals surface area (Å²) in [6, 6.07) is 14.1. The zero-order valence-corrected chi connectivity index (χ0v) is 13.7. The summed E-state index contributed by atoms with van der Waals surface area (Å²) in [6.07, 6.45) is 0.321. The largest absolute Gasteiger partial charge is 0.417 e. The summed E-state index contributed by atoms with van der Waals surface area (Å²) in [5.41, 5.74) is 1.02. The lowest BCUT2D eigenvalue weighted by molar-refractivity contribution is -0.137. The highest BCUT2D eigenvalue weighted by Crippen LogP contribution is 2.38. The molecule has 1 nitrogen and oxygen atoms in total. The van der Waals surface area contributed by atoms with Crippen LogP contribution in [0.25, 0.3) is 0 Å². The average molecular weight is 352 g/mol. The number of rotatable bonds is 3. The first-order valence-corrected chi connectivity index (χ1v) is 8.12. The molecule has 0 fully saturated rings. The van der Waals surface area contributed by atoms with Crippen molar-refractivity contribution in [3.05, 3.63) is 82.4 Å². The van der Waals surface area contributed by atoms with Gasteiger partial charge in [-0.2, -0.15) is 13.2 Å². The lowest BCUT2D eigenvalue weighted by atomic mass is 9.96. The van der Waals surface area contributed by atoms with Crippen LogP contribution in [0.15, 0.2) is 60.7 Å². The summed E-state index contributed by atoms with van der Waals surface area (Å²) < 4.78 is 39.4. The third-order valence-electron chi connectivity index (χ3n) is 4.22. The van der Waals surface area contributed by atoms with Crippen LogP contribution in [0.4, 0.5) is 13.2 Å². The second-order valence-electron chi connectivity index (χ2n) is 5.87. The molecule has 0 N–H and O–H groups in total. The van der Waals surface area contributed by atoms with Crippen LogP contribution < -0.4 is 0 Å². The molecule has 0 aromatic heterocycles. The third-order valence-corrected chi connectivity index (χ3v) is 4.55. The Morgan fingerprint density at radius 1 is 1.04 bits per heavy atom. The van der Waals surface area contributed by atoms with Crippen molar-refractivity contribution < 1.29 is 13.2 Å². The fourth-order valence-electron chi connectivity index (χ4n) is 3.02. The van der Waals surface area contributed by atoms with Gasteiger partial charge in [-0.1, -0.05) is 60.2 Å². The Bertz CT molecular complexity index is 725. The van der Waals surface area contributed by atoms with Crippen LogP contribution in [0.2, 0.25) is 5.02 Å². The Labute approximate surface area is 144 Å². The van der Waals surface area contributed by atoms with E-state index in [0.717, 1.165) is 5.56 Å². The summed E-state index contributed by atoms with van der Waals surface area (Å²) in [4.78, 5) is 2.18. The van der Waals surface area contributed by atoms with Crippen LogP contribution in [-0.4, -0.2) is 11.4 Å². The first kappa shape index (κ1) is 17.1. The monoisotopic (exact) mass is 351 g/mol. The van der Waals surface area contributed by atoms with Gasteiger partial charge in [-0.25, -0.2) is 0 Å². The molecule has 24 heavy (non-hydrogen) atoms. The molecule has 1 aliphatic heterocycles. The molecular formula is C19H17ClF3N. The van der Waals surface area contributed by atoms with E-state index in [4.69, 9.17) is 11.6 Å². The zero-order chi connectivity index (χ0) is 17.2. The van der Waals surface area contributed by atoms with Crippen molar-refractivity contribution >= 4 is 11.6 Å². The van der Waals surface area contributed by atoms with Gasteiger partial charge in [0.05, 0.1) is 10.6 Å². The summed E-state index contributed by atoms with van der Waals surface area (Å²) >= 11 is 5.74. The quantitative estimate of drug-likeness (QED) is 0.626. The van der Waals surface area contributed by atoms with E-state index in [1.54, 1.807) is 6.07 Å². The highest BCUT2D eigenvalue weighted by molar-refractivity contribution is 6.31. The van der Waals surface area contributed by atoms with E-state index in [2.05, 4.69) is 11.0 Å². The maximum absolute atomic E-state index is 13.1. The van der Waals surface area contributed by atoms with E-state index in [9.17, 15) is 13.2 Å². The summed E-state index contributed by atoms with van der Waals surface area (Å²) in [5, 5.41) is -0.257. The van der Waals surface area contributed by atoms with E-state index >= 15 is 0 Å². The van der Waals surface area contributed by atoms with E-state index in [-0.39, 0.29) is 11.1 Å². The molecule has 1 heterocycles. The van der Waals surface area contributed by atoms with Crippen molar-refractivity contribution in [1.29, 1.82) is 0 Å². The standard InChI is InChI=1S/C19H17ClF3N/c20-17-10-9-15(12-16(17)19(21,22)23)18-8-4-5-11-24(18)13-14-6-2-1-3-7-14/h1-7,9-10,12,18H,8,11,13H2. The van der Waals surface area contributed by atoms with Gasteiger partial charge in [0, 0.05) is 19.1 Å². The molecule has 0 amide bonds. The second-order valence-corrected chi connectivity index (χ2v) is 6.28. The molecule has 0 bridgehead atoms. The lowest BCUT2D eigenvalue weighted by Crippen LogP contribution is -2.31. The van der Waals surface area contributed by atoms with Gasteiger partial charge in [0.2, 0.25) is 0 Å². The summed E-state index contributed by atoms with van der Waals surface area (Å²) in [6.45, 7) is 1.41. The molecule has 0 spiro atoms. The normalized spacial score (nSPS) is 18.8. The molecule has 2 aromatic rings. The van der Waals surface area contributed by atoms with Crippen LogP contribution in [-0.2, 0) is 12.7 Å². The highest BCUT2D eigenvalue weighted by atomic mass is 35.5. The maximum Gasteiger partial charge on any atom is 0.417 e. The smallest absolute Gasteiger partial charge is 0.288 e. The SMILES string of the molecule is FC(F)(F)c1cc(C2CC=CCN2Cc2ccccc2)ccc1Cl. The molecular weight excluding hydrogens is 335 g/mol. The summed E-state index contributed by atoms with van der Waals surface area (Å²) in [7, 11) is 0. The van der Waals surface area contributed by atoms with Gasteiger partial charge < -0.3 is 0 Å². The van der Waals surface area contributed by atoms with Gasteiger partial charge in [-0.05, 0) is 29.7 Å². The van der Waals surface area contributed by atoms with Crippen LogP contribution in [0.5, 0.6) is 0 Å². The molecule has 0 aliphatic carbocycles. The minimum absolute atomic E-state index is 0.0893. The van der Waals surface area contributed by atoms with Gasteiger partial charge in [0.1, 0.15) is 0 Å². The molecule has 1 unspecified atom stereocenters. The fraction of sp³-hybridized carbons (Fsp3) is 0.263. The van der Waals surface area contributed by atoms with Crippen LogP contribution in [0, 0.1) is 0 Å². The number of hydrogen-bond acceptors (Lipinski definition) is 1. The highest BCUT2D eigenvalue weighted by Gasteiger charge is 2.34. The number of benzene rings is 2. The van der Waals surface area contributed by atoms with Crippen molar-refractivity contribution in [2.45, 2.75) is 25.2 Å². The Hall–Kier alpha value is -1.78. The minimum atomic E-state index is -4.44. The first-order valence-electron chi connectivity index (χ1n) is 7.75. The fourth-order valence-corrected chi connectivity index (χ4v) is 3.24. The van der Waals surface area contributed by atoms with E-state index in [0.29, 0.717) is 25.1 Å². The van der Waals surface area contributed by atoms with Gasteiger partial charge in [-0.3, -0.25) is 4.90 Å². The Kier molecular flexibility index (Phi) is 4.97. The first-order chi connectivity index (χ1) is 11.4. The van der Waals surface area contributed by atoms with E-state index in [1.807, 2.05) is 36.4 Å². The Morgan fingerprint density at radius 2 is 1.79 bits per heavy atom. The van der Waals surface area contributed by atoms with Gasteiger partial charge >= 0.3 is 6.18 Å². The molecule has 0 radical (unpaired) electrons. The minimum Gasteiger partial charge on any atom is -0.288 e. The van der Waals surface area contributed by atoms with Crippen LogP contribution >= 0.6 is 11.6 Å². The molecule has 0 saturated heterocycles. The third kappa shape index (κ3) is 3.82. The Morgan fingerprint density at radius 3 is 2.50 bits per heavy atom. The Balaban J connectivity index is 1.90.